The fourth-order valence-electron chi connectivity index (χ4n) is 4.00. The van der Waals surface area contributed by atoms with E-state index < -0.39 is 21.7 Å². The second-order valence-electron chi connectivity index (χ2n) is 8.14. The van der Waals surface area contributed by atoms with Crippen molar-refractivity contribution in [1.29, 1.82) is 0 Å². The maximum atomic E-state index is 14.7. The Balaban J connectivity index is 1.40. The quantitative estimate of drug-likeness (QED) is 0.509. The third-order valence-electron chi connectivity index (χ3n) is 5.87. The van der Waals surface area contributed by atoms with Gasteiger partial charge in [0.1, 0.15) is 5.82 Å². The zero-order chi connectivity index (χ0) is 23.4. The van der Waals surface area contributed by atoms with Gasteiger partial charge in [-0.25, -0.2) is 12.8 Å². The van der Waals surface area contributed by atoms with Gasteiger partial charge in [-0.15, -0.1) is 0 Å². The van der Waals surface area contributed by atoms with Gasteiger partial charge < -0.3 is 5.32 Å². The lowest BCUT2D eigenvalue weighted by molar-refractivity contribution is 0.102. The summed E-state index contributed by atoms with van der Waals surface area (Å²) in [6, 6.07) is 19.9. The van der Waals surface area contributed by atoms with Crippen LogP contribution in [0, 0.1) is 11.7 Å². The van der Waals surface area contributed by atoms with Gasteiger partial charge in [-0.3, -0.25) is 4.79 Å². The number of rotatable bonds is 6. The van der Waals surface area contributed by atoms with Gasteiger partial charge >= 0.3 is 0 Å². The highest BCUT2D eigenvalue weighted by Crippen LogP contribution is 2.28. The van der Waals surface area contributed by atoms with Crippen molar-refractivity contribution in [2.24, 2.45) is 5.92 Å². The van der Waals surface area contributed by atoms with Crippen molar-refractivity contribution in [3.63, 3.8) is 0 Å². The topological polar surface area (TPSA) is 66.5 Å². The summed E-state index contributed by atoms with van der Waals surface area (Å²) in [4.78, 5) is 12.2. The number of halogens is 2. The Morgan fingerprint density at radius 2 is 1.67 bits per heavy atom. The minimum atomic E-state index is -3.82. The lowest BCUT2D eigenvalue weighted by Gasteiger charge is -2.31. The number of nitrogens with one attached hydrogen (secondary N) is 1. The van der Waals surface area contributed by atoms with Crippen molar-refractivity contribution < 1.29 is 17.6 Å². The fraction of sp³-hybridized carbons (Fsp3) is 0.240. The van der Waals surface area contributed by atoms with Gasteiger partial charge in [0, 0.05) is 23.7 Å². The van der Waals surface area contributed by atoms with E-state index >= 15 is 0 Å². The Morgan fingerprint density at radius 1 is 1.00 bits per heavy atom. The summed E-state index contributed by atoms with van der Waals surface area (Å²) in [6.45, 7) is 0.799. The maximum absolute atomic E-state index is 14.7. The number of amides is 1. The summed E-state index contributed by atoms with van der Waals surface area (Å²) < 4.78 is 42.2. The number of nitrogens with zero attached hydrogens (tertiary/aromatic N) is 1. The molecule has 0 aliphatic carbocycles. The Hall–Kier alpha value is -2.74. The van der Waals surface area contributed by atoms with E-state index in [0.29, 0.717) is 29.6 Å². The molecule has 8 heteroatoms. The molecular weight excluding hydrogens is 463 g/mol. The van der Waals surface area contributed by atoms with Gasteiger partial charge in [0.05, 0.1) is 10.6 Å². The molecule has 1 N–H and O–H groups in total. The van der Waals surface area contributed by atoms with Crippen molar-refractivity contribution in [1.82, 2.24) is 4.31 Å². The number of hydrogen-bond acceptors (Lipinski definition) is 3. The highest BCUT2D eigenvalue weighted by Gasteiger charge is 2.30. The molecule has 1 aliphatic rings. The largest absolute Gasteiger partial charge is 0.319 e. The summed E-state index contributed by atoms with van der Waals surface area (Å²) in [6.07, 6.45) is 2.43. The van der Waals surface area contributed by atoms with E-state index in [1.165, 1.54) is 34.1 Å². The summed E-state index contributed by atoms with van der Waals surface area (Å²) in [5.74, 6) is -0.903. The summed E-state index contributed by atoms with van der Waals surface area (Å²) in [7, 11) is -3.82. The van der Waals surface area contributed by atoms with E-state index in [0.717, 1.165) is 25.3 Å². The minimum Gasteiger partial charge on any atom is -0.319 e. The molecule has 1 saturated heterocycles. The third-order valence-corrected chi connectivity index (χ3v) is 8.02. The Kier molecular flexibility index (Phi) is 7.12. The van der Waals surface area contributed by atoms with Crippen LogP contribution in [0.1, 0.15) is 28.8 Å². The predicted octanol–water partition coefficient (Wildman–Crippen LogP) is 5.37. The first-order valence-corrected chi connectivity index (χ1v) is 12.6. The van der Waals surface area contributed by atoms with Crippen LogP contribution < -0.4 is 5.32 Å². The molecular formula is C25H24ClFN2O3S. The summed E-state index contributed by atoms with van der Waals surface area (Å²) >= 11 is 5.82. The molecule has 4 rings (SSSR count). The van der Waals surface area contributed by atoms with Gasteiger partial charge in [0.15, 0.2) is 0 Å². The molecule has 0 aromatic heterocycles. The van der Waals surface area contributed by atoms with Crippen LogP contribution in [0.15, 0.2) is 77.7 Å². The standard InChI is InChI=1S/C25H24ClFN2O3S/c26-21-8-6-20(7-9-21)25(30)28-24-11-10-22(17-23(24)27)33(31,32)29-14-12-19(13-15-29)16-18-4-2-1-3-5-18/h1-11,17,19H,12-16H2,(H,28,30). The van der Waals surface area contributed by atoms with Crippen LogP contribution in [0.4, 0.5) is 10.1 Å². The van der Waals surface area contributed by atoms with Crippen LogP contribution in [-0.2, 0) is 16.4 Å². The van der Waals surface area contributed by atoms with Crippen LogP contribution in [0.2, 0.25) is 5.02 Å². The lowest BCUT2D eigenvalue weighted by atomic mass is 9.91. The number of benzene rings is 3. The third kappa shape index (κ3) is 5.61. The molecule has 0 spiro atoms. The molecule has 1 fully saturated rings. The number of sulfonamides is 1. The first-order chi connectivity index (χ1) is 15.8. The second kappa shape index (κ2) is 10.0. The predicted molar refractivity (Wildman–Crippen MR) is 127 cm³/mol. The second-order valence-corrected chi connectivity index (χ2v) is 10.5. The number of hydrogen-bond donors (Lipinski definition) is 1. The Labute approximate surface area is 198 Å². The highest BCUT2D eigenvalue weighted by atomic mass is 35.5. The smallest absolute Gasteiger partial charge is 0.255 e. The molecule has 3 aromatic rings. The van der Waals surface area contributed by atoms with Gasteiger partial charge in [-0.05, 0) is 73.2 Å². The van der Waals surface area contributed by atoms with Gasteiger partial charge in [0.25, 0.3) is 5.91 Å². The van der Waals surface area contributed by atoms with Crippen molar-refractivity contribution in [3.05, 3.63) is 94.8 Å². The lowest BCUT2D eigenvalue weighted by Crippen LogP contribution is -2.38. The van der Waals surface area contributed by atoms with Crippen molar-refractivity contribution in [2.75, 3.05) is 18.4 Å². The van der Waals surface area contributed by atoms with E-state index in [2.05, 4.69) is 17.4 Å². The molecule has 0 radical (unpaired) electrons. The molecule has 1 heterocycles. The zero-order valence-corrected chi connectivity index (χ0v) is 19.4. The zero-order valence-electron chi connectivity index (χ0n) is 17.9. The first-order valence-electron chi connectivity index (χ1n) is 10.7. The van der Waals surface area contributed by atoms with Gasteiger partial charge in [0.2, 0.25) is 10.0 Å². The summed E-state index contributed by atoms with van der Waals surface area (Å²) in [5, 5.41) is 2.95. The van der Waals surface area contributed by atoms with Crippen LogP contribution in [-0.4, -0.2) is 31.7 Å². The number of piperidine rings is 1. The monoisotopic (exact) mass is 486 g/mol. The fourth-order valence-corrected chi connectivity index (χ4v) is 5.61. The number of carbonyl (C=O) groups is 1. The molecule has 1 aliphatic heterocycles. The molecule has 0 saturated carbocycles. The van der Waals surface area contributed by atoms with E-state index in [-0.39, 0.29) is 10.6 Å². The van der Waals surface area contributed by atoms with Crippen LogP contribution in [0.3, 0.4) is 0 Å². The van der Waals surface area contributed by atoms with E-state index in [1.54, 1.807) is 12.1 Å². The Bertz CT molecular complexity index is 1230. The van der Waals surface area contributed by atoms with Crippen LogP contribution in [0.5, 0.6) is 0 Å². The van der Waals surface area contributed by atoms with Crippen LogP contribution in [0.25, 0.3) is 0 Å². The van der Waals surface area contributed by atoms with E-state index in [1.807, 2.05) is 18.2 Å². The van der Waals surface area contributed by atoms with Crippen molar-refractivity contribution in [3.8, 4) is 0 Å². The molecule has 33 heavy (non-hydrogen) atoms. The van der Waals surface area contributed by atoms with Crippen molar-refractivity contribution in [2.45, 2.75) is 24.2 Å². The van der Waals surface area contributed by atoms with E-state index in [9.17, 15) is 17.6 Å². The number of anilines is 1. The molecule has 0 atom stereocenters. The average molecular weight is 487 g/mol. The summed E-state index contributed by atoms with van der Waals surface area (Å²) in [5.41, 5.74) is 1.47. The molecule has 0 bridgehead atoms. The number of carbonyl (C=O) groups excluding carboxylic acids is 1. The Morgan fingerprint density at radius 3 is 2.30 bits per heavy atom. The minimum absolute atomic E-state index is 0.0875. The van der Waals surface area contributed by atoms with Gasteiger partial charge in [-0.1, -0.05) is 41.9 Å². The molecule has 0 unspecified atom stereocenters. The average Bonchev–Trinajstić information content (AvgIpc) is 2.82. The highest BCUT2D eigenvalue weighted by molar-refractivity contribution is 7.89. The SMILES string of the molecule is O=C(Nc1ccc(S(=O)(=O)N2CCC(Cc3ccccc3)CC2)cc1F)c1ccc(Cl)cc1. The van der Waals surface area contributed by atoms with Gasteiger partial charge in [-0.2, -0.15) is 4.31 Å². The first kappa shape index (κ1) is 23.4. The molecule has 172 valence electrons. The van der Waals surface area contributed by atoms with E-state index in [4.69, 9.17) is 11.6 Å². The molecule has 1 amide bonds. The van der Waals surface area contributed by atoms with Crippen molar-refractivity contribution >= 4 is 33.2 Å². The maximum Gasteiger partial charge on any atom is 0.255 e. The van der Waals surface area contributed by atoms with Crippen LogP contribution >= 0.6 is 11.6 Å². The molecule has 5 nitrogen and oxygen atoms in total. The normalized spacial score (nSPS) is 15.3. The molecule has 3 aromatic carbocycles.